The van der Waals surface area contributed by atoms with Crippen molar-refractivity contribution in [1.29, 1.82) is 0 Å². The van der Waals surface area contributed by atoms with E-state index in [0.29, 0.717) is 48.5 Å². The molecule has 0 saturated heterocycles. The van der Waals surface area contributed by atoms with Crippen LogP contribution in [-0.4, -0.2) is 47.5 Å². The number of fused-ring (bicyclic) bond motifs is 1. The molecular formula is C25H31F3N6O2. The molecule has 194 valence electrons. The van der Waals surface area contributed by atoms with Crippen molar-refractivity contribution in [3.63, 3.8) is 0 Å². The summed E-state index contributed by atoms with van der Waals surface area (Å²) in [7, 11) is 0. The van der Waals surface area contributed by atoms with Crippen LogP contribution in [0.5, 0.6) is 0 Å². The van der Waals surface area contributed by atoms with Gasteiger partial charge in [-0.15, -0.1) is 0 Å². The molecule has 2 atom stereocenters. The van der Waals surface area contributed by atoms with Gasteiger partial charge >= 0.3 is 0 Å². The van der Waals surface area contributed by atoms with E-state index in [1.54, 1.807) is 24.6 Å². The highest BCUT2D eigenvalue weighted by atomic mass is 19.1. The van der Waals surface area contributed by atoms with Crippen LogP contribution >= 0.6 is 0 Å². The molecular weight excluding hydrogens is 473 g/mol. The van der Waals surface area contributed by atoms with Crippen molar-refractivity contribution in [3.05, 3.63) is 35.8 Å². The normalized spacial score (nSPS) is 24.9. The molecule has 1 aromatic carbocycles. The second-order valence-corrected chi connectivity index (χ2v) is 10.5. The van der Waals surface area contributed by atoms with E-state index in [2.05, 4.69) is 20.6 Å². The number of hydrogen-bond acceptors (Lipinski definition) is 7. The van der Waals surface area contributed by atoms with E-state index < -0.39 is 28.7 Å². The van der Waals surface area contributed by atoms with Gasteiger partial charge in [0.15, 0.2) is 17.3 Å². The Morgan fingerprint density at radius 3 is 2.33 bits per heavy atom. The van der Waals surface area contributed by atoms with E-state index in [-0.39, 0.29) is 30.1 Å². The predicted octanol–water partition coefficient (Wildman–Crippen LogP) is 4.81. The lowest BCUT2D eigenvalue weighted by atomic mass is 9.89. The molecule has 5 rings (SSSR count). The Kier molecular flexibility index (Phi) is 6.54. The number of aromatic nitrogens is 4. The summed E-state index contributed by atoms with van der Waals surface area (Å²) >= 11 is 0. The molecule has 2 aromatic heterocycles. The summed E-state index contributed by atoms with van der Waals surface area (Å²) in [5.41, 5.74) is -0.440. The lowest BCUT2D eigenvalue weighted by molar-refractivity contribution is 0.0186. The molecule has 2 heterocycles. The van der Waals surface area contributed by atoms with E-state index in [0.717, 1.165) is 25.7 Å². The number of hydrogen-bond donors (Lipinski definition) is 4. The SMILES string of the molecule is CC(C)(O)[C@@H]1CC[C@H](n2c(Nc3c(F)cc(F)cc3F)nc3cnc(N[C@H]4CC[C@H](O)CC4)nc32)C1. The average molecular weight is 505 g/mol. The first-order valence-corrected chi connectivity index (χ1v) is 12.4. The molecule has 0 aliphatic heterocycles. The number of aliphatic hydroxyl groups excluding tert-OH is 1. The van der Waals surface area contributed by atoms with Crippen LogP contribution in [0, 0.1) is 23.4 Å². The molecule has 2 fully saturated rings. The van der Waals surface area contributed by atoms with Crippen molar-refractivity contribution in [2.75, 3.05) is 10.6 Å². The Hall–Kier alpha value is -2.92. The van der Waals surface area contributed by atoms with Crippen LogP contribution in [0.2, 0.25) is 0 Å². The second-order valence-electron chi connectivity index (χ2n) is 10.5. The Labute approximate surface area is 207 Å². The van der Waals surface area contributed by atoms with Gasteiger partial charge in [0.1, 0.15) is 17.0 Å². The first kappa shape index (κ1) is 24.8. The van der Waals surface area contributed by atoms with Crippen molar-refractivity contribution in [3.8, 4) is 0 Å². The Balaban J connectivity index is 1.52. The number of benzene rings is 1. The topological polar surface area (TPSA) is 108 Å². The summed E-state index contributed by atoms with van der Waals surface area (Å²) in [5, 5.41) is 26.4. The fourth-order valence-corrected chi connectivity index (χ4v) is 5.40. The quantitative estimate of drug-likeness (QED) is 0.381. The van der Waals surface area contributed by atoms with Crippen LogP contribution in [0.3, 0.4) is 0 Å². The van der Waals surface area contributed by atoms with Crippen molar-refractivity contribution < 1.29 is 23.4 Å². The molecule has 0 radical (unpaired) electrons. The maximum Gasteiger partial charge on any atom is 0.224 e. The molecule has 3 aromatic rings. The maximum absolute atomic E-state index is 14.5. The van der Waals surface area contributed by atoms with Crippen LogP contribution in [0.15, 0.2) is 18.3 Å². The van der Waals surface area contributed by atoms with Gasteiger partial charge in [-0.05, 0) is 64.7 Å². The van der Waals surface area contributed by atoms with Crippen LogP contribution in [0.25, 0.3) is 11.2 Å². The summed E-state index contributed by atoms with van der Waals surface area (Å²) in [6.45, 7) is 3.56. The molecule has 2 aliphatic carbocycles. The summed E-state index contributed by atoms with van der Waals surface area (Å²) in [4.78, 5) is 13.6. The summed E-state index contributed by atoms with van der Waals surface area (Å²) in [5.74, 6) is -2.54. The predicted molar refractivity (Wildman–Crippen MR) is 129 cm³/mol. The molecule has 36 heavy (non-hydrogen) atoms. The van der Waals surface area contributed by atoms with Gasteiger partial charge in [-0.1, -0.05) is 0 Å². The number of imidazole rings is 1. The second kappa shape index (κ2) is 9.51. The fourth-order valence-electron chi connectivity index (χ4n) is 5.40. The summed E-state index contributed by atoms with van der Waals surface area (Å²) in [6, 6.07) is 1.23. The number of rotatable bonds is 6. The zero-order valence-corrected chi connectivity index (χ0v) is 20.3. The van der Waals surface area contributed by atoms with Gasteiger partial charge in [-0.3, -0.25) is 4.57 Å². The van der Waals surface area contributed by atoms with Gasteiger partial charge in [0.2, 0.25) is 11.9 Å². The molecule has 11 heteroatoms. The molecule has 4 N–H and O–H groups in total. The van der Waals surface area contributed by atoms with Gasteiger partial charge in [-0.25, -0.2) is 23.1 Å². The zero-order valence-electron chi connectivity index (χ0n) is 20.3. The van der Waals surface area contributed by atoms with E-state index in [1.165, 1.54) is 0 Å². The highest BCUT2D eigenvalue weighted by Crippen LogP contribution is 2.43. The third-order valence-electron chi connectivity index (χ3n) is 7.48. The lowest BCUT2D eigenvalue weighted by Gasteiger charge is -2.26. The number of aliphatic hydroxyl groups is 2. The first-order valence-electron chi connectivity index (χ1n) is 12.4. The van der Waals surface area contributed by atoms with Crippen LogP contribution in [0.4, 0.5) is 30.8 Å². The minimum absolute atomic E-state index is 0.0280. The van der Waals surface area contributed by atoms with Crippen LogP contribution < -0.4 is 10.6 Å². The Bertz CT molecular complexity index is 1230. The lowest BCUT2D eigenvalue weighted by Crippen LogP contribution is -2.29. The van der Waals surface area contributed by atoms with E-state index in [9.17, 15) is 23.4 Å². The van der Waals surface area contributed by atoms with Crippen LogP contribution in [0.1, 0.15) is 64.8 Å². The molecule has 8 nitrogen and oxygen atoms in total. The summed E-state index contributed by atoms with van der Waals surface area (Å²) < 4.78 is 44.2. The molecule has 0 unspecified atom stereocenters. The van der Waals surface area contributed by atoms with Crippen molar-refractivity contribution in [1.82, 2.24) is 19.5 Å². The molecule has 0 spiro atoms. The van der Waals surface area contributed by atoms with Crippen molar-refractivity contribution in [2.45, 2.75) is 82.6 Å². The van der Waals surface area contributed by atoms with Crippen molar-refractivity contribution in [2.24, 2.45) is 5.92 Å². The Morgan fingerprint density at radius 1 is 1.00 bits per heavy atom. The van der Waals surface area contributed by atoms with Gasteiger partial charge in [0, 0.05) is 24.2 Å². The average Bonchev–Trinajstić information content (AvgIpc) is 3.42. The minimum Gasteiger partial charge on any atom is -0.393 e. The highest BCUT2D eigenvalue weighted by molar-refractivity contribution is 5.76. The van der Waals surface area contributed by atoms with Crippen LogP contribution in [-0.2, 0) is 0 Å². The first-order chi connectivity index (χ1) is 17.1. The van der Waals surface area contributed by atoms with Gasteiger partial charge < -0.3 is 20.8 Å². The fraction of sp³-hybridized carbons (Fsp3) is 0.560. The largest absolute Gasteiger partial charge is 0.393 e. The minimum atomic E-state index is -1.07. The smallest absolute Gasteiger partial charge is 0.224 e. The van der Waals surface area contributed by atoms with Gasteiger partial charge in [0.25, 0.3) is 0 Å². The monoisotopic (exact) mass is 504 g/mol. The highest BCUT2D eigenvalue weighted by Gasteiger charge is 2.37. The van der Waals surface area contributed by atoms with Gasteiger partial charge in [-0.2, -0.15) is 4.98 Å². The molecule has 2 saturated carbocycles. The number of nitrogens with zero attached hydrogens (tertiary/aromatic N) is 4. The molecule has 2 aliphatic rings. The molecule has 0 bridgehead atoms. The van der Waals surface area contributed by atoms with Crippen molar-refractivity contribution >= 4 is 28.7 Å². The third kappa shape index (κ3) is 4.99. The number of anilines is 3. The maximum atomic E-state index is 14.5. The zero-order chi connectivity index (χ0) is 25.6. The third-order valence-corrected chi connectivity index (χ3v) is 7.48. The number of halogens is 3. The standard InChI is InChI=1S/C25H31F3N6O2/c1-25(2,36)13-3-6-16(9-13)34-22-20(12-29-23(33-22)30-15-4-7-17(35)8-5-15)31-24(34)32-21-18(27)10-14(26)11-19(21)28/h10-13,15-17,35-36H,3-9H2,1-2H3,(H,31,32)(H,29,30,33)/t13-,15-,16+,17-/m1/s1. The summed E-state index contributed by atoms with van der Waals surface area (Å²) in [6.07, 6.45) is 6.42. The van der Waals surface area contributed by atoms with E-state index in [1.807, 2.05) is 0 Å². The van der Waals surface area contributed by atoms with Gasteiger partial charge in [0.05, 0.1) is 17.9 Å². The van der Waals surface area contributed by atoms with E-state index >= 15 is 0 Å². The van der Waals surface area contributed by atoms with E-state index in [4.69, 9.17) is 4.98 Å². The molecule has 0 amide bonds. The Morgan fingerprint density at radius 2 is 1.69 bits per heavy atom. The number of nitrogens with one attached hydrogen (secondary N) is 2.